The molecule has 12 heavy (non-hydrogen) atoms. The van der Waals surface area contributed by atoms with Gasteiger partial charge in [0.1, 0.15) is 0 Å². The van der Waals surface area contributed by atoms with Gasteiger partial charge in [0, 0.05) is 6.04 Å². The lowest BCUT2D eigenvalue weighted by Crippen LogP contribution is -2.26. The van der Waals surface area contributed by atoms with Gasteiger partial charge in [0.25, 0.3) is 0 Å². The molecule has 2 bridgehead atoms. The first kappa shape index (κ1) is 7.37. The van der Waals surface area contributed by atoms with E-state index in [1.165, 1.54) is 0 Å². The normalized spacial score (nSPS) is 57.0. The van der Waals surface area contributed by atoms with Crippen molar-refractivity contribution in [2.24, 2.45) is 29.6 Å². The lowest BCUT2D eigenvalue weighted by molar-refractivity contribution is 0.395. The molecule has 3 aliphatic rings. The van der Waals surface area contributed by atoms with Crippen molar-refractivity contribution >= 4 is 0 Å². The fraction of sp³-hybridized carbons (Fsp3) is 1.00. The van der Waals surface area contributed by atoms with E-state index in [1.807, 2.05) is 0 Å². The predicted molar refractivity (Wildman–Crippen MR) is 49.8 cm³/mol. The first-order valence-corrected chi connectivity index (χ1v) is 5.50. The predicted octanol–water partition coefficient (Wildman–Crippen LogP) is 1.89. The quantitative estimate of drug-likeness (QED) is 0.659. The minimum absolute atomic E-state index is 0.781. The van der Waals surface area contributed by atoms with Crippen molar-refractivity contribution in [3.63, 3.8) is 0 Å². The van der Waals surface area contributed by atoms with Crippen LogP contribution in [0.25, 0.3) is 0 Å². The highest BCUT2D eigenvalue weighted by Crippen LogP contribution is 2.70. The summed E-state index contributed by atoms with van der Waals surface area (Å²) in [4.78, 5) is 0. The summed E-state index contributed by atoms with van der Waals surface area (Å²) in [7, 11) is 2.11. The Kier molecular flexibility index (Phi) is 1.39. The fourth-order valence-electron chi connectivity index (χ4n) is 4.25. The molecule has 0 saturated heterocycles. The van der Waals surface area contributed by atoms with Crippen molar-refractivity contribution in [3.8, 4) is 0 Å². The van der Waals surface area contributed by atoms with E-state index in [4.69, 9.17) is 0 Å². The molecular weight excluding hydrogens is 146 g/mol. The molecule has 1 N–H and O–H groups in total. The highest BCUT2D eigenvalue weighted by atomic mass is 14.9. The molecule has 1 heteroatoms. The molecule has 0 aromatic rings. The summed E-state index contributed by atoms with van der Waals surface area (Å²) in [6, 6.07) is 0.781. The standard InChI is InChI=1S/C11H19N/c1-6(12-2)9-10-7-3-4-8(5-7)11(9)10/h6-12H,3-5H2,1-2H3. The van der Waals surface area contributed by atoms with Crippen molar-refractivity contribution in [2.75, 3.05) is 7.05 Å². The van der Waals surface area contributed by atoms with Crippen molar-refractivity contribution < 1.29 is 0 Å². The van der Waals surface area contributed by atoms with Gasteiger partial charge in [-0.2, -0.15) is 0 Å². The van der Waals surface area contributed by atoms with Crippen LogP contribution in [0.4, 0.5) is 0 Å². The maximum absolute atomic E-state index is 3.42. The van der Waals surface area contributed by atoms with E-state index < -0.39 is 0 Å². The van der Waals surface area contributed by atoms with Gasteiger partial charge in [0.2, 0.25) is 0 Å². The molecule has 3 saturated carbocycles. The molecule has 0 aliphatic heterocycles. The SMILES string of the molecule is CNC(C)C1C2C3CCC(C3)C21. The third-order valence-electron chi connectivity index (χ3n) is 4.83. The Labute approximate surface area is 74.9 Å². The maximum atomic E-state index is 3.42. The zero-order valence-corrected chi connectivity index (χ0v) is 8.09. The van der Waals surface area contributed by atoms with E-state index in [2.05, 4.69) is 19.3 Å². The average Bonchev–Trinajstić information content (AvgIpc) is 2.53. The third kappa shape index (κ3) is 0.736. The first-order chi connectivity index (χ1) is 5.83. The lowest BCUT2D eigenvalue weighted by atomic mass is 9.98. The van der Waals surface area contributed by atoms with Crippen molar-refractivity contribution in [3.05, 3.63) is 0 Å². The van der Waals surface area contributed by atoms with Gasteiger partial charge in [-0.1, -0.05) is 0 Å². The molecule has 0 aromatic carbocycles. The third-order valence-corrected chi connectivity index (χ3v) is 4.83. The van der Waals surface area contributed by atoms with E-state index in [0.717, 1.165) is 35.6 Å². The summed E-state index contributed by atoms with van der Waals surface area (Å²) >= 11 is 0. The minimum Gasteiger partial charge on any atom is -0.317 e. The smallest absolute Gasteiger partial charge is 0.00697 e. The number of nitrogens with one attached hydrogen (secondary N) is 1. The van der Waals surface area contributed by atoms with Gasteiger partial charge in [0.05, 0.1) is 0 Å². The zero-order chi connectivity index (χ0) is 8.29. The number of rotatable bonds is 2. The van der Waals surface area contributed by atoms with Gasteiger partial charge in [-0.05, 0) is 62.8 Å². The molecular formula is C11H19N. The van der Waals surface area contributed by atoms with Crippen LogP contribution in [0.2, 0.25) is 0 Å². The Morgan fingerprint density at radius 2 is 1.75 bits per heavy atom. The molecule has 0 radical (unpaired) electrons. The van der Waals surface area contributed by atoms with Crippen molar-refractivity contribution in [2.45, 2.75) is 32.2 Å². The number of fused-ring (bicyclic) bond motifs is 5. The fourth-order valence-corrected chi connectivity index (χ4v) is 4.25. The van der Waals surface area contributed by atoms with Gasteiger partial charge in [-0.25, -0.2) is 0 Å². The molecule has 1 nitrogen and oxygen atoms in total. The van der Waals surface area contributed by atoms with Crippen molar-refractivity contribution in [1.29, 1.82) is 0 Å². The van der Waals surface area contributed by atoms with E-state index in [1.54, 1.807) is 19.3 Å². The van der Waals surface area contributed by atoms with E-state index >= 15 is 0 Å². The van der Waals surface area contributed by atoms with Gasteiger partial charge < -0.3 is 5.32 Å². The zero-order valence-electron chi connectivity index (χ0n) is 8.09. The Morgan fingerprint density at radius 1 is 1.17 bits per heavy atom. The van der Waals surface area contributed by atoms with Gasteiger partial charge in [0.15, 0.2) is 0 Å². The van der Waals surface area contributed by atoms with Crippen LogP contribution in [0.1, 0.15) is 26.2 Å². The van der Waals surface area contributed by atoms with Crippen LogP contribution < -0.4 is 5.32 Å². The van der Waals surface area contributed by atoms with Crippen LogP contribution in [0, 0.1) is 29.6 Å². The molecule has 0 heterocycles. The number of hydrogen-bond acceptors (Lipinski definition) is 1. The van der Waals surface area contributed by atoms with Crippen LogP contribution in [0.5, 0.6) is 0 Å². The first-order valence-electron chi connectivity index (χ1n) is 5.50. The minimum atomic E-state index is 0.781. The summed E-state index contributed by atoms with van der Waals surface area (Å²) in [6.45, 7) is 2.36. The second-order valence-corrected chi connectivity index (χ2v) is 5.14. The molecule has 0 spiro atoms. The molecule has 3 rings (SSSR count). The molecule has 68 valence electrons. The van der Waals surface area contributed by atoms with Crippen LogP contribution >= 0.6 is 0 Å². The largest absolute Gasteiger partial charge is 0.317 e. The summed E-state index contributed by atoms with van der Waals surface area (Å²) in [5.41, 5.74) is 0. The second kappa shape index (κ2) is 2.25. The van der Waals surface area contributed by atoms with Crippen LogP contribution in [-0.4, -0.2) is 13.1 Å². The van der Waals surface area contributed by atoms with E-state index in [-0.39, 0.29) is 0 Å². The van der Waals surface area contributed by atoms with Crippen LogP contribution in [0.3, 0.4) is 0 Å². The van der Waals surface area contributed by atoms with Crippen LogP contribution in [0.15, 0.2) is 0 Å². The maximum Gasteiger partial charge on any atom is 0.00697 e. The summed E-state index contributed by atoms with van der Waals surface area (Å²) in [5.74, 6) is 5.63. The van der Waals surface area contributed by atoms with Gasteiger partial charge in [-0.15, -0.1) is 0 Å². The summed E-state index contributed by atoms with van der Waals surface area (Å²) in [6.07, 6.45) is 4.69. The number of hydrogen-bond donors (Lipinski definition) is 1. The van der Waals surface area contributed by atoms with E-state index in [0.29, 0.717) is 0 Å². The molecule has 0 amide bonds. The molecule has 5 unspecified atom stereocenters. The van der Waals surface area contributed by atoms with E-state index in [9.17, 15) is 0 Å². The Balaban J connectivity index is 1.74. The Morgan fingerprint density at radius 3 is 2.25 bits per heavy atom. The second-order valence-electron chi connectivity index (χ2n) is 5.14. The van der Waals surface area contributed by atoms with Crippen molar-refractivity contribution in [1.82, 2.24) is 5.32 Å². The van der Waals surface area contributed by atoms with Gasteiger partial charge in [-0.3, -0.25) is 0 Å². The average molecular weight is 165 g/mol. The topological polar surface area (TPSA) is 12.0 Å². The molecule has 3 aliphatic carbocycles. The summed E-state index contributed by atoms with van der Waals surface area (Å²) in [5, 5.41) is 3.42. The Bertz CT molecular complexity index is 185. The summed E-state index contributed by atoms with van der Waals surface area (Å²) < 4.78 is 0. The van der Waals surface area contributed by atoms with Gasteiger partial charge >= 0.3 is 0 Å². The molecule has 5 atom stereocenters. The lowest BCUT2D eigenvalue weighted by Gasteiger charge is -2.14. The monoisotopic (exact) mass is 165 g/mol. The highest BCUT2D eigenvalue weighted by Gasteiger charge is 2.65. The molecule has 0 aromatic heterocycles. The highest BCUT2D eigenvalue weighted by molar-refractivity contribution is 5.14. The van der Waals surface area contributed by atoms with Crippen LogP contribution in [-0.2, 0) is 0 Å². The molecule has 3 fully saturated rings. The Hall–Kier alpha value is -0.0400.